The van der Waals surface area contributed by atoms with Crippen LogP contribution in [0.4, 0.5) is 20.5 Å². The van der Waals surface area contributed by atoms with E-state index in [1.54, 1.807) is 6.07 Å². The fourth-order valence-corrected chi connectivity index (χ4v) is 2.85. The molecule has 0 fully saturated rings. The van der Waals surface area contributed by atoms with Crippen LogP contribution in [-0.2, 0) is 0 Å². The van der Waals surface area contributed by atoms with Crippen LogP contribution in [0.25, 0.3) is 11.6 Å². The molecule has 1 N–H and O–H groups in total. The maximum Gasteiger partial charge on any atom is 0.224 e. The Labute approximate surface area is 140 Å². The zero-order valence-corrected chi connectivity index (χ0v) is 14.0. The first kappa shape index (κ1) is 16.4. The number of benzene rings is 1. The summed E-state index contributed by atoms with van der Waals surface area (Å²) in [6, 6.07) is 4.00. The van der Waals surface area contributed by atoms with Gasteiger partial charge in [0.15, 0.2) is 11.6 Å². The van der Waals surface area contributed by atoms with E-state index in [-0.39, 0.29) is 0 Å². The molecule has 2 heterocycles. The molecule has 0 spiro atoms. The van der Waals surface area contributed by atoms with E-state index >= 15 is 0 Å². The average molecular weight is 330 g/mol. The summed E-state index contributed by atoms with van der Waals surface area (Å²) in [4.78, 5) is 11.2. The van der Waals surface area contributed by atoms with Crippen LogP contribution in [0.5, 0.6) is 0 Å². The Morgan fingerprint density at radius 3 is 2.62 bits per heavy atom. The average Bonchev–Trinajstić information content (AvgIpc) is 2.57. The van der Waals surface area contributed by atoms with Gasteiger partial charge in [0, 0.05) is 25.2 Å². The second-order valence-electron chi connectivity index (χ2n) is 5.71. The van der Waals surface area contributed by atoms with Crippen molar-refractivity contribution in [3.8, 4) is 0 Å². The fourth-order valence-electron chi connectivity index (χ4n) is 2.85. The molecule has 6 heteroatoms. The highest BCUT2D eigenvalue weighted by Gasteiger charge is 2.22. The lowest BCUT2D eigenvalue weighted by molar-refractivity contribution is 0.508. The van der Waals surface area contributed by atoms with Crippen molar-refractivity contribution in [3.63, 3.8) is 0 Å². The first-order chi connectivity index (χ1) is 11.5. The minimum atomic E-state index is -0.835. The highest BCUT2D eigenvalue weighted by Crippen LogP contribution is 2.33. The molecule has 1 aliphatic rings. The van der Waals surface area contributed by atoms with Gasteiger partial charge in [-0.2, -0.15) is 4.98 Å². The minimum absolute atomic E-state index is 0.594. The summed E-state index contributed by atoms with van der Waals surface area (Å²) in [5.41, 5.74) is 3.37. The van der Waals surface area contributed by atoms with Crippen LogP contribution < -0.4 is 10.2 Å². The Bertz CT molecular complexity index is 802. The molecular formula is C18H20F2N4. The highest BCUT2D eigenvalue weighted by molar-refractivity contribution is 5.91. The summed E-state index contributed by atoms with van der Waals surface area (Å²) >= 11 is 0. The molecule has 1 aromatic carbocycles. The van der Waals surface area contributed by atoms with Gasteiger partial charge in [0.05, 0.1) is 5.69 Å². The molecule has 24 heavy (non-hydrogen) atoms. The van der Waals surface area contributed by atoms with E-state index in [2.05, 4.69) is 20.2 Å². The van der Waals surface area contributed by atoms with Crippen LogP contribution in [0.3, 0.4) is 0 Å². The summed E-state index contributed by atoms with van der Waals surface area (Å²) in [6.45, 7) is 8.08. The summed E-state index contributed by atoms with van der Waals surface area (Å²) < 4.78 is 26.8. The van der Waals surface area contributed by atoms with Crippen molar-refractivity contribution in [3.05, 3.63) is 46.7 Å². The Morgan fingerprint density at radius 2 is 1.96 bits per heavy atom. The van der Waals surface area contributed by atoms with Gasteiger partial charge < -0.3 is 10.2 Å². The van der Waals surface area contributed by atoms with Crippen LogP contribution in [0, 0.1) is 18.6 Å². The second-order valence-corrected chi connectivity index (χ2v) is 5.71. The zero-order chi connectivity index (χ0) is 17.3. The maximum absolute atomic E-state index is 13.6. The van der Waals surface area contributed by atoms with Crippen molar-refractivity contribution in [1.29, 1.82) is 0 Å². The molecule has 0 unspecified atom stereocenters. The molecule has 0 aliphatic carbocycles. The van der Waals surface area contributed by atoms with E-state index in [9.17, 15) is 8.78 Å². The van der Waals surface area contributed by atoms with Gasteiger partial charge in [0.25, 0.3) is 0 Å². The third-order valence-corrected chi connectivity index (χ3v) is 4.10. The van der Waals surface area contributed by atoms with Crippen molar-refractivity contribution in [2.75, 3.05) is 29.9 Å². The van der Waals surface area contributed by atoms with Crippen LogP contribution >= 0.6 is 0 Å². The van der Waals surface area contributed by atoms with Crippen molar-refractivity contribution in [2.24, 2.45) is 0 Å². The third kappa shape index (κ3) is 2.96. The van der Waals surface area contributed by atoms with Crippen LogP contribution in [0.15, 0.2) is 18.2 Å². The smallest absolute Gasteiger partial charge is 0.224 e. The van der Waals surface area contributed by atoms with E-state index in [1.165, 1.54) is 6.07 Å². The quantitative estimate of drug-likeness (QED) is 0.924. The van der Waals surface area contributed by atoms with Crippen molar-refractivity contribution in [2.45, 2.75) is 20.8 Å². The molecule has 0 atom stereocenters. The predicted octanol–water partition coefficient (Wildman–Crippen LogP) is 3.88. The molecule has 0 amide bonds. The van der Waals surface area contributed by atoms with Gasteiger partial charge in [-0.15, -0.1) is 0 Å². The lowest BCUT2D eigenvalue weighted by Crippen LogP contribution is -2.30. The molecule has 1 aromatic heterocycles. The Balaban J connectivity index is 2.09. The SMILES string of the molecule is CCNc1nc(C)c2c(n1)N(CC)CC(c1ccc(F)c(F)c1)=C2. The number of aryl methyl sites for hydroxylation is 1. The number of halogens is 2. The summed E-state index contributed by atoms with van der Waals surface area (Å²) in [6.07, 6.45) is 1.97. The number of nitrogens with one attached hydrogen (secondary N) is 1. The van der Waals surface area contributed by atoms with Gasteiger partial charge in [-0.1, -0.05) is 6.07 Å². The van der Waals surface area contributed by atoms with Gasteiger partial charge in [0.2, 0.25) is 5.95 Å². The summed E-state index contributed by atoms with van der Waals surface area (Å²) in [5.74, 6) is -0.195. The Morgan fingerprint density at radius 1 is 1.17 bits per heavy atom. The molecular weight excluding hydrogens is 310 g/mol. The first-order valence-corrected chi connectivity index (χ1v) is 8.07. The van der Waals surface area contributed by atoms with E-state index in [0.717, 1.165) is 41.8 Å². The number of likely N-dealkylation sites (N-methyl/N-ethyl adjacent to an activating group) is 1. The largest absolute Gasteiger partial charge is 0.354 e. The van der Waals surface area contributed by atoms with Gasteiger partial charge in [-0.3, -0.25) is 0 Å². The van der Waals surface area contributed by atoms with E-state index in [1.807, 2.05) is 26.8 Å². The standard InChI is InChI=1S/C18H20F2N4/c1-4-21-18-22-11(3)14-8-13(10-24(5-2)17(14)23-18)12-6-7-15(19)16(20)9-12/h6-9H,4-5,10H2,1-3H3,(H,21,22,23). The van der Waals surface area contributed by atoms with Crippen molar-refractivity contribution < 1.29 is 8.78 Å². The third-order valence-electron chi connectivity index (χ3n) is 4.10. The number of hydrogen-bond acceptors (Lipinski definition) is 4. The number of aromatic nitrogens is 2. The fraction of sp³-hybridized carbons (Fsp3) is 0.333. The van der Waals surface area contributed by atoms with Gasteiger partial charge in [0.1, 0.15) is 5.82 Å². The monoisotopic (exact) mass is 330 g/mol. The molecule has 4 nitrogen and oxygen atoms in total. The number of fused-ring (bicyclic) bond motifs is 1. The molecule has 3 rings (SSSR count). The zero-order valence-electron chi connectivity index (χ0n) is 14.0. The molecule has 0 bridgehead atoms. The first-order valence-electron chi connectivity index (χ1n) is 8.07. The molecule has 0 saturated carbocycles. The van der Waals surface area contributed by atoms with E-state index in [4.69, 9.17) is 0 Å². The van der Waals surface area contributed by atoms with E-state index in [0.29, 0.717) is 18.1 Å². The number of nitrogens with zero attached hydrogens (tertiary/aromatic N) is 3. The van der Waals surface area contributed by atoms with E-state index < -0.39 is 11.6 Å². The van der Waals surface area contributed by atoms with Crippen LogP contribution in [0.1, 0.15) is 30.7 Å². The molecule has 0 radical (unpaired) electrons. The highest BCUT2D eigenvalue weighted by atomic mass is 19.2. The lowest BCUT2D eigenvalue weighted by Gasteiger charge is -2.30. The predicted molar refractivity (Wildman–Crippen MR) is 93.0 cm³/mol. The molecule has 126 valence electrons. The molecule has 0 saturated heterocycles. The van der Waals surface area contributed by atoms with Gasteiger partial charge >= 0.3 is 0 Å². The van der Waals surface area contributed by atoms with Crippen molar-refractivity contribution >= 4 is 23.4 Å². The number of rotatable bonds is 4. The number of anilines is 2. The van der Waals surface area contributed by atoms with Gasteiger partial charge in [-0.05, 0) is 50.1 Å². The topological polar surface area (TPSA) is 41.1 Å². The molecule has 1 aliphatic heterocycles. The summed E-state index contributed by atoms with van der Waals surface area (Å²) in [5, 5.41) is 3.14. The summed E-state index contributed by atoms with van der Waals surface area (Å²) in [7, 11) is 0. The second kappa shape index (κ2) is 6.55. The Kier molecular flexibility index (Phi) is 4.46. The molecule has 2 aromatic rings. The van der Waals surface area contributed by atoms with Crippen LogP contribution in [-0.4, -0.2) is 29.6 Å². The number of hydrogen-bond donors (Lipinski definition) is 1. The lowest BCUT2D eigenvalue weighted by atomic mass is 9.98. The minimum Gasteiger partial charge on any atom is -0.354 e. The van der Waals surface area contributed by atoms with Crippen LogP contribution in [0.2, 0.25) is 0 Å². The van der Waals surface area contributed by atoms with Gasteiger partial charge in [-0.25, -0.2) is 13.8 Å². The normalized spacial score (nSPS) is 13.5. The van der Waals surface area contributed by atoms with Crippen molar-refractivity contribution in [1.82, 2.24) is 9.97 Å². The Hall–Kier alpha value is -2.50. The maximum atomic E-state index is 13.6.